The number of nitrogens with one attached hydrogen (secondary N) is 1. The SMILES string of the molecule is Cc1c(C)c(C)c(S(=O)(=O)NC(C)(C)CN)c(C)c1C. The molecule has 0 amide bonds. The molecule has 0 saturated heterocycles. The van der Waals surface area contributed by atoms with Crippen LogP contribution in [0.3, 0.4) is 0 Å². The molecular formula is C15H26N2O2S. The molecule has 5 heteroatoms. The lowest BCUT2D eigenvalue weighted by atomic mass is 9.95. The van der Waals surface area contributed by atoms with Crippen LogP contribution in [0.5, 0.6) is 0 Å². The molecule has 0 heterocycles. The van der Waals surface area contributed by atoms with Crippen molar-refractivity contribution >= 4 is 10.0 Å². The second-order valence-corrected chi connectivity index (χ2v) is 7.77. The van der Waals surface area contributed by atoms with E-state index in [9.17, 15) is 8.42 Å². The monoisotopic (exact) mass is 298 g/mol. The smallest absolute Gasteiger partial charge is 0.241 e. The molecule has 1 aromatic rings. The van der Waals surface area contributed by atoms with Crippen LogP contribution in [0.25, 0.3) is 0 Å². The van der Waals surface area contributed by atoms with Gasteiger partial charge in [-0.3, -0.25) is 0 Å². The minimum atomic E-state index is -3.58. The molecule has 0 aliphatic carbocycles. The normalized spacial score (nSPS) is 12.8. The number of sulfonamides is 1. The summed E-state index contributed by atoms with van der Waals surface area (Å²) in [4.78, 5) is 0.389. The van der Waals surface area contributed by atoms with Crippen molar-refractivity contribution in [2.75, 3.05) is 6.54 Å². The van der Waals surface area contributed by atoms with E-state index in [0.717, 1.165) is 27.8 Å². The van der Waals surface area contributed by atoms with Crippen LogP contribution in [0.1, 0.15) is 41.7 Å². The van der Waals surface area contributed by atoms with Gasteiger partial charge < -0.3 is 5.73 Å². The zero-order chi connectivity index (χ0) is 15.9. The van der Waals surface area contributed by atoms with Crippen LogP contribution in [0, 0.1) is 34.6 Å². The van der Waals surface area contributed by atoms with Crippen LogP contribution in [0.4, 0.5) is 0 Å². The van der Waals surface area contributed by atoms with Gasteiger partial charge in [-0.25, -0.2) is 13.1 Å². The molecule has 0 atom stereocenters. The van der Waals surface area contributed by atoms with Gasteiger partial charge in [0, 0.05) is 12.1 Å². The summed E-state index contributed by atoms with van der Waals surface area (Å²) in [5, 5.41) is 0. The van der Waals surface area contributed by atoms with Crippen LogP contribution in [-0.2, 0) is 10.0 Å². The number of benzene rings is 1. The van der Waals surface area contributed by atoms with Crippen molar-refractivity contribution in [1.82, 2.24) is 4.72 Å². The summed E-state index contributed by atoms with van der Waals surface area (Å²) in [5.41, 5.74) is 9.79. The van der Waals surface area contributed by atoms with Crippen LogP contribution in [0.15, 0.2) is 4.90 Å². The van der Waals surface area contributed by atoms with E-state index in [1.54, 1.807) is 13.8 Å². The van der Waals surface area contributed by atoms with Crippen molar-refractivity contribution in [2.45, 2.75) is 58.9 Å². The highest BCUT2D eigenvalue weighted by Gasteiger charge is 2.29. The van der Waals surface area contributed by atoms with E-state index in [4.69, 9.17) is 5.73 Å². The summed E-state index contributed by atoms with van der Waals surface area (Å²) in [6.45, 7) is 13.5. The van der Waals surface area contributed by atoms with Gasteiger partial charge in [-0.15, -0.1) is 0 Å². The highest BCUT2D eigenvalue weighted by Crippen LogP contribution is 2.29. The van der Waals surface area contributed by atoms with Crippen LogP contribution in [-0.4, -0.2) is 20.5 Å². The van der Waals surface area contributed by atoms with Gasteiger partial charge in [0.15, 0.2) is 0 Å². The molecule has 0 radical (unpaired) electrons. The Kier molecular flexibility index (Phi) is 4.69. The standard InChI is InChI=1S/C15H26N2O2S/c1-9-10(2)12(4)14(13(5)11(9)3)20(18,19)17-15(6,7)8-16/h17H,8,16H2,1-7H3. The molecule has 0 spiro atoms. The third-order valence-corrected chi connectivity index (χ3v) is 6.09. The number of nitrogens with two attached hydrogens (primary N) is 1. The second-order valence-electron chi connectivity index (χ2n) is 6.15. The molecule has 0 unspecified atom stereocenters. The van der Waals surface area contributed by atoms with Crippen molar-refractivity contribution < 1.29 is 8.42 Å². The summed E-state index contributed by atoms with van der Waals surface area (Å²) >= 11 is 0. The fourth-order valence-corrected chi connectivity index (χ4v) is 4.35. The van der Waals surface area contributed by atoms with E-state index in [1.165, 1.54) is 0 Å². The third-order valence-electron chi connectivity index (χ3n) is 4.12. The predicted molar refractivity (Wildman–Crippen MR) is 83.6 cm³/mol. The predicted octanol–water partition coefficient (Wildman–Crippen LogP) is 2.24. The molecule has 0 aromatic heterocycles. The first kappa shape index (κ1) is 17.1. The molecule has 4 nitrogen and oxygen atoms in total. The van der Waals surface area contributed by atoms with Crippen molar-refractivity contribution in [3.63, 3.8) is 0 Å². The van der Waals surface area contributed by atoms with Gasteiger partial charge in [-0.05, 0) is 76.3 Å². The molecule has 1 aromatic carbocycles. The minimum Gasteiger partial charge on any atom is -0.329 e. The van der Waals surface area contributed by atoms with Crippen LogP contribution < -0.4 is 10.5 Å². The highest BCUT2D eigenvalue weighted by molar-refractivity contribution is 7.89. The topological polar surface area (TPSA) is 72.2 Å². The molecule has 20 heavy (non-hydrogen) atoms. The lowest BCUT2D eigenvalue weighted by molar-refractivity contribution is 0.462. The first-order valence-electron chi connectivity index (χ1n) is 6.75. The van der Waals surface area contributed by atoms with Gasteiger partial charge in [-0.2, -0.15) is 0 Å². The van der Waals surface area contributed by atoms with Gasteiger partial charge >= 0.3 is 0 Å². The zero-order valence-corrected chi connectivity index (χ0v) is 14.3. The zero-order valence-electron chi connectivity index (χ0n) is 13.5. The molecule has 0 bridgehead atoms. The van der Waals surface area contributed by atoms with Gasteiger partial charge in [-0.1, -0.05) is 0 Å². The lowest BCUT2D eigenvalue weighted by Crippen LogP contribution is -2.49. The Hall–Kier alpha value is -0.910. The van der Waals surface area contributed by atoms with Crippen molar-refractivity contribution in [3.8, 4) is 0 Å². The maximum atomic E-state index is 12.7. The molecule has 3 N–H and O–H groups in total. The first-order valence-corrected chi connectivity index (χ1v) is 8.24. The summed E-state index contributed by atoms with van der Waals surface area (Å²) in [7, 11) is -3.58. The van der Waals surface area contributed by atoms with Crippen molar-refractivity contribution in [2.24, 2.45) is 5.73 Å². The van der Waals surface area contributed by atoms with E-state index in [0.29, 0.717) is 4.90 Å². The third kappa shape index (κ3) is 3.05. The number of rotatable bonds is 4. The summed E-state index contributed by atoms with van der Waals surface area (Å²) in [5.74, 6) is 0. The van der Waals surface area contributed by atoms with E-state index < -0.39 is 15.6 Å². The summed E-state index contributed by atoms with van der Waals surface area (Å²) < 4.78 is 28.1. The molecule has 1 rings (SSSR count). The number of hydrogen-bond acceptors (Lipinski definition) is 3. The quantitative estimate of drug-likeness (QED) is 0.895. The minimum absolute atomic E-state index is 0.244. The average molecular weight is 298 g/mol. The Bertz CT molecular complexity index is 603. The first-order chi connectivity index (χ1) is 8.94. The molecule has 114 valence electrons. The second kappa shape index (κ2) is 5.47. The Balaban J connectivity index is 3.56. The molecule has 0 aliphatic heterocycles. The molecular weight excluding hydrogens is 272 g/mol. The Morgan fingerprint density at radius 2 is 1.25 bits per heavy atom. The lowest BCUT2D eigenvalue weighted by Gasteiger charge is -2.26. The fraction of sp³-hybridized carbons (Fsp3) is 0.600. The van der Waals surface area contributed by atoms with E-state index in [2.05, 4.69) is 4.72 Å². The Morgan fingerprint density at radius 3 is 1.60 bits per heavy atom. The Morgan fingerprint density at radius 1 is 0.900 bits per heavy atom. The maximum absolute atomic E-state index is 12.7. The van der Waals surface area contributed by atoms with Gasteiger partial charge in [0.2, 0.25) is 10.0 Å². The van der Waals surface area contributed by atoms with Crippen molar-refractivity contribution in [3.05, 3.63) is 27.8 Å². The number of hydrogen-bond donors (Lipinski definition) is 2. The van der Waals surface area contributed by atoms with Gasteiger partial charge in [0.25, 0.3) is 0 Å². The fourth-order valence-electron chi connectivity index (χ4n) is 2.33. The average Bonchev–Trinajstić information content (AvgIpc) is 2.32. The van der Waals surface area contributed by atoms with Gasteiger partial charge in [0.1, 0.15) is 0 Å². The van der Waals surface area contributed by atoms with Crippen LogP contribution >= 0.6 is 0 Å². The van der Waals surface area contributed by atoms with Gasteiger partial charge in [0.05, 0.1) is 4.90 Å². The van der Waals surface area contributed by atoms with E-state index in [1.807, 2.05) is 34.6 Å². The van der Waals surface area contributed by atoms with E-state index >= 15 is 0 Å². The highest BCUT2D eigenvalue weighted by atomic mass is 32.2. The van der Waals surface area contributed by atoms with E-state index in [-0.39, 0.29) is 6.54 Å². The van der Waals surface area contributed by atoms with Crippen LogP contribution in [0.2, 0.25) is 0 Å². The largest absolute Gasteiger partial charge is 0.329 e. The summed E-state index contributed by atoms with van der Waals surface area (Å²) in [6, 6.07) is 0. The molecule has 0 aliphatic rings. The maximum Gasteiger partial charge on any atom is 0.241 e. The molecule has 0 fully saturated rings. The Labute approximate surface area is 122 Å². The molecule has 0 saturated carbocycles. The summed E-state index contributed by atoms with van der Waals surface area (Å²) in [6.07, 6.45) is 0. The van der Waals surface area contributed by atoms with Crippen molar-refractivity contribution in [1.29, 1.82) is 0 Å².